The highest BCUT2D eigenvalue weighted by atomic mass is 16.5. The summed E-state index contributed by atoms with van der Waals surface area (Å²) in [4.78, 5) is 14.3. The van der Waals surface area contributed by atoms with Crippen LogP contribution in [-0.2, 0) is 4.79 Å². The molecule has 1 fully saturated rings. The fraction of sp³-hybridized carbons (Fsp3) is 0.632. The van der Waals surface area contributed by atoms with Gasteiger partial charge in [0.25, 0.3) is 0 Å². The Kier molecular flexibility index (Phi) is 5.91. The molecule has 0 spiro atoms. The first-order valence-electron chi connectivity index (χ1n) is 8.55. The SMILES string of the molecule is CCOc1ccccc1OC1CCN(C(=O)CC(C)(C)C)CC1. The Hall–Kier alpha value is -1.71. The molecule has 1 heterocycles. The van der Waals surface area contributed by atoms with Crippen LogP contribution in [0.15, 0.2) is 24.3 Å². The Bertz CT molecular complexity index is 514. The molecule has 1 aromatic carbocycles. The number of carbonyl (C=O) groups is 1. The molecule has 128 valence electrons. The third kappa shape index (κ3) is 5.45. The highest BCUT2D eigenvalue weighted by Crippen LogP contribution is 2.29. The van der Waals surface area contributed by atoms with Crippen LogP contribution in [0, 0.1) is 5.41 Å². The van der Waals surface area contributed by atoms with Crippen LogP contribution in [0.2, 0.25) is 0 Å². The van der Waals surface area contributed by atoms with E-state index in [1.54, 1.807) is 0 Å². The maximum atomic E-state index is 12.3. The van der Waals surface area contributed by atoms with Crippen LogP contribution in [0.1, 0.15) is 47.0 Å². The van der Waals surface area contributed by atoms with Crippen molar-refractivity contribution < 1.29 is 14.3 Å². The average molecular weight is 319 g/mol. The second-order valence-electron chi connectivity index (χ2n) is 7.32. The van der Waals surface area contributed by atoms with Crippen molar-refractivity contribution in [3.8, 4) is 11.5 Å². The summed E-state index contributed by atoms with van der Waals surface area (Å²) in [6, 6.07) is 7.79. The molecule has 1 saturated heterocycles. The van der Waals surface area contributed by atoms with Crippen molar-refractivity contribution in [2.75, 3.05) is 19.7 Å². The van der Waals surface area contributed by atoms with E-state index in [4.69, 9.17) is 9.47 Å². The number of amides is 1. The average Bonchev–Trinajstić information content (AvgIpc) is 2.48. The van der Waals surface area contributed by atoms with Gasteiger partial charge in [-0.05, 0) is 24.5 Å². The minimum absolute atomic E-state index is 0.0425. The molecular weight excluding hydrogens is 290 g/mol. The number of hydrogen-bond acceptors (Lipinski definition) is 3. The molecule has 4 nitrogen and oxygen atoms in total. The minimum Gasteiger partial charge on any atom is -0.490 e. The number of para-hydroxylation sites is 2. The van der Waals surface area contributed by atoms with E-state index in [1.165, 1.54) is 0 Å². The molecule has 1 aliphatic heterocycles. The van der Waals surface area contributed by atoms with Crippen molar-refractivity contribution in [3.05, 3.63) is 24.3 Å². The van der Waals surface area contributed by atoms with Gasteiger partial charge in [0, 0.05) is 32.4 Å². The summed E-state index contributed by atoms with van der Waals surface area (Å²) in [6.07, 6.45) is 2.49. The maximum absolute atomic E-state index is 12.3. The van der Waals surface area contributed by atoms with Gasteiger partial charge in [-0.3, -0.25) is 4.79 Å². The fourth-order valence-corrected chi connectivity index (χ4v) is 2.79. The molecule has 2 rings (SSSR count). The van der Waals surface area contributed by atoms with Crippen LogP contribution in [0.3, 0.4) is 0 Å². The number of piperidine rings is 1. The Balaban J connectivity index is 1.87. The van der Waals surface area contributed by atoms with Gasteiger partial charge in [-0.25, -0.2) is 0 Å². The van der Waals surface area contributed by atoms with Crippen molar-refractivity contribution in [3.63, 3.8) is 0 Å². The smallest absolute Gasteiger partial charge is 0.223 e. The molecule has 1 aliphatic rings. The molecule has 0 saturated carbocycles. The van der Waals surface area contributed by atoms with Gasteiger partial charge in [0.05, 0.1) is 6.61 Å². The topological polar surface area (TPSA) is 38.8 Å². The van der Waals surface area contributed by atoms with Gasteiger partial charge in [-0.1, -0.05) is 32.9 Å². The number of hydrogen-bond donors (Lipinski definition) is 0. The van der Waals surface area contributed by atoms with E-state index in [0.29, 0.717) is 13.0 Å². The monoisotopic (exact) mass is 319 g/mol. The van der Waals surface area contributed by atoms with Crippen LogP contribution in [-0.4, -0.2) is 36.6 Å². The van der Waals surface area contributed by atoms with Gasteiger partial charge in [0.2, 0.25) is 5.91 Å². The summed E-state index contributed by atoms with van der Waals surface area (Å²) in [5.41, 5.74) is 0.0425. The minimum atomic E-state index is 0.0425. The predicted molar refractivity (Wildman–Crippen MR) is 91.9 cm³/mol. The molecule has 0 aliphatic carbocycles. The molecule has 0 aromatic heterocycles. The van der Waals surface area contributed by atoms with Gasteiger partial charge >= 0.3 is 0 Å². The number of benzene rings is 1. The normalized spacial score (nSPS) is 16.3. The summed E-state index contributed by atoms with van der Waals surface area (Å²) in [5.74, 6) is 1.85. The van der Waals surface area contributed by atoms with Crippen LogP contribution in [0.4, 0.5) is 0 Å². The lowest BCUT2D eigenvalue weighted by atomic mass is 9.91. The van der Waals surface area contributed by atoms with E-state index < -0.39 is 0 Å². The number of ether oxygens (including phenoxy) is 2. The zero-order valence-electron chi connectivity index (χ0n) is 14.8. The van der Waals surface area contributed by atoms with Crippen molar-refractivity contribution in [2.24, 2.45) is 5.41 Å². The second kappa shape index (κ2) is 7.71. The Morgan fingerprint density at radius 1 is 1.17 bits per heavy atom. The first-order valence-corrected chi connectivity index (χ1v) is 8.55. The number of rotatable bonds is 5. The molecule has 1 amide bonds. The van der Waals surface area contributed by atoms with Crippen molar-refractivity contribution in [2.45, 2.75) is 53.1 Å². The Morgan fingerprint density at radius 3 is 2.35 bits per heavy atom. The second-order valence-corrected chi connectivity index (χ2v) is 7.32. The molecule has 0 unspecified atom stereocenters. The third-order valence-corrected chi connectivity index (χ3v) is 3.92. The van der Waals surface area contributed by atoms with Crippen molar-refractivity contribution in [1.82, 2.24) is 4.90 Å². The largest absolute Gasteiger partial charge is 0.490 e. The molecule has 23 heavy (non-hydrogen) atoms. The fourth-order valence-electron chi connectivity index (χ4n) is 2.79. The molecule has 0 bridgehead atoms. The summed E-state index contributed by atoms with van der Waals surface area (Å²) in [6.45, 7) is 10.4. The summed E-state index contributed by atoms with van der Waals surface area (Å²) >= 11 is 0. The van der Waals surface area contributed by atoms with Crippen LogP contribution < -0.4 is 9.47 Å². The Morgan fingerprint density at radius 2 is 1.78 bits per heavy atom. The van der Waals surface area contributed by atoms with E-state index in [2.05, 4.69) is 20.8 Å². The molecule has 0 atom stereocenters. The molecular formula is C19H29NO3. The van der Waals surface area contributed by atoms with E-state index in [-0.39, 0.29) is 17.4 Å². The molecule has 1 aromatic rings. The standard InChI is InChI=1S/C19H29NO3/c1-5-22-16-8-6-7-9-17(16)23-15-10-12-20(13-11-15)18(21)14-19(2,3)4/h6-9,15H,5,10-14H2,1-4H3. The summed E-state index contributed by atoms with van der Waals surface area (Å²) in [7, 11) is 0. The summed E-state index contributed by atoms with van der Waals surface area (Å²) < 4.78 is 11.7. The van der Waals surface area contributed by atoms with Crippen molar-refractivity contribution in [1.29, 1.82) is 0 Å². The third-order valence-electron chi connectivity index (χ3n) is 3.92. The Labute approximate surface area is 139 Å². The highest BCUT2D eigenvalue weighted by molar-refractivity contribution is 5.76. The lowest BCUT2D eigenvalue weighted by molar-refractivity contribution is -0.134. The zero-order valence-corrected chi connectivity index (χ0v) is 14.8. The van der Waals surface area contributed by atoms with Crippen LogP contribution in [0.5, 0.6) is 11.5 Å². The molecule has 0 N–H and O–H groups in total. The van der Waals surface area contributed by atoms with E-state index in [9.17, 15) is 4.79 Å². The summed E-state index contributed by atoms with van der Waals surface area (Å²) in [5, 5.41) is 0. The molecule has 0 radical (unpaired) electrons. The van der Waals surface area contributed by atoms with Gasteiger partial charge in [0.15, 0.2) is 11.5 Å². The van der Waals surface area contributed by atoms with E-state index in [1.807, 2.05) is 36.1 Å². The number of carbonyl (C=O) groups excluding carboxylic acids is 1. The lowest BCUT2D eigenvalue weighted by Crippen LogP contribution is -2.42. The lowest BCUT2D eigenvalue weighted by Gasteiger charge is -2.34. The highest BCUT2D eigenvalue weighted by Gasteiger charge is 2.27. The quantitative estimate of drug-likeness (QED) is 0.826. The number of likely N-dealkylation sites (tertiary alicyclic amines) is 1. The maximum Gasteiger partial charge on any atom is 0.223 e. The first kappa shape index (κ1) is 17.6. The van der Waals surface area contributed by atoms with Gasteiger partial charge in [-0.2, -0.15) is 0 Å². The predicted octanol–water partition coefficient (Wildman–Crippen LogP) is 3.89. The first-order chi connectivity index (χ1) is 10.9. The number of nitrogens with zero attached hydrogens (tertiary/aromatic N) is 1. The van der Waals surface area contributed by atoms with E-state index in [0.717, 1.165) is 37.4 Å². The van der Waals surface area contributed by atoms with Crippen molar-refractivity contribution >= 4 is 5.91 Å². The van der Waals surface area contributed by atoms with E-state index >= 15 is 0 Å². The van der Waals surface area contributed by atoms with Gasteiger partial charge in [0.1, 0.15) is 6.10 Å². The van der Waals surface area contributed by atoms with Crippen LogP contribution >= 0.6 is 0 Å². The van der Waals surface area contributed by atoms with Crippen LogP contribution in [0.25, 0.3) is 0 Å². The molecule has 4 heteroatoms. The van der Waals surface area contributed by atoms with Gasteiger partial charge in [-0.15, -0.1) is 0 Å². The van der Waals surface area contributed by atoms with Gasteiger partial charge < -0.3 is 14.4 Å². The zero-order chi connectivity index (χ0) is 16.9.